The number of amides is 2. The molecule has 0 atom stereocenters. The third-order valence-corrected chi connectivity index (χ3v) is 2.90. The first kappa shape index (κ1) is 14.5. The minimum atomic E-state index is -0.869. The number of hydrogen-bond acceptors (Lipinski definition) is 3. The fourth-order valence-electron chi connectivity index (χ4n) is 1.90. The Morgan fingerprint density at radius 3 is 2.78 bits per heavy atom. The van der Waals surface area contributed by atoms with Crippen molar-refractivity contribution in [3.63, 3.8) is 0 Å². The van der Waals surface area contributed by atoms with Gasteiger partial charge in [-0.25, -0.2) is 0 Å². The topological polar surface area (TPSA) is 86.7 Å². The molecule has 0 aliphatic carbocycles. The highest BCUT2D eigenvalue weighted by Gasteiger charge is 2.18. The Labute approximate surface area is 106 Å². The molecule has 0 bridgehead atoms. The van der Waals surface area contributed by atoms with Crippen molar-refractivity contribution in [3.8, 4) is 0 Å². The van der Waals surface area contributed by atoms with Crippen LogP contribution in [0.5, 0.6) is 0 Å². The van der Waals surface area contributed by atoms with Crippen LogP contribution >= 0.6 is 0 Å². The Bertz CT molecular complexity index is 317. The Morgan fingerprint density at radius 2 is 2.06 bits per heavy atom. The first-order valence-corrected chi connectivity index (χ1v) is 6.36. The minimum Gasteiger partial charge on any atom is -0.481 e. The summed E-state index contributed by atoms with van der Waals surface area (Å²) in [5.41, 5.74) is 0. The van der Waals surface area contributed by atoms with Crippen LogP contribution in [0.25, 0.3) is 0 Å². The summed E-state index contributed by atoms with van der Waals surface area (Å²) in [4.78, 5) is 35.1. The Balaban J connectivity index is 2.21. The molecule has 0 aromatic heterocycles. The summed E-state index contributed by atoms with van der Waals surface area (Å²) in [6.07, 6.45) is 3.85. The van der Waals surface area contributed by atoms with Crippen LogP contribution in [0.4, 0.5) is 0 Å². The zero-order valence-electron chi connectivity index (χ0n) is 10.5. The zero-order valence-corrected chi connectivity index (χ0v) is 10.5. The molecule has 0 aromatic carbocycles. The van der Waals surface area contributed by atoms with Crippen LogP contribution in [0.2, 0.25) is 0 Å². The quantitative estimate of drug-likeness (QED) is 0.672. The molecule has 6 nitrogen and oxygen atoms in total. The lowest BCUT2D eigenvalue weighted by molar-refractivity contribution is -0.137. The summed E-state index contributed by atoms with van der Waals surface area (Å²) >= 11 is 0. The van der Waals surface area contributed by atoms with E-state index in [1.807, 2.05) is 0 Å². The van der Waals surface area contributed by atoms with E-state index in [9.17, 15) is 14.4 Å². The van der Waals surface area contributed by atoms with Gasteiger partial charge in [-0.2, -0.15) is 0 Å². The number of hydrogen-bond donors (Lipinski definition) is 2. The highest BCUT2D eigenvalue weighted by atomic mass is 16.4. The van der Waals surface area contributed by atoms with Gasteiger partial charge < -0.3 is 15.3 Å². The normalized spacial score (nSPS) is 16.2. The number of carbonyl (C=O) groups is 3. The van der Waals surface area contributed by atoms with E-state index in [1.54, 1.807) is 4.90 Å². The molecular formula is C12H20N2O4. The zero-order chi connectivity index (χ0) is 13.4. The van der Waals surface area contributed by atoms with Crippen LogP contribution in [0.1, 0.15) is 38.5 Å². The minimum absolute atomic E-state index is 0.0354. The predicted octanol–water partition coefficient (Wildman–Crippen LogP) is 0.370. The van der Waals surface area contributed by atoms with E-state index in [0.717, 1.165) is 19.3 Å². The van der Waals surface area contributed by atoms with Crippen LogP contribution in [-0.2, 0) is 14.4 Å². The molecule has 1 aliphatic rings. The Kier molecular flexibility index (Phi) is 6.18. The highest BCUT2D eigenvalue weighted by Crippen LogP contribution is 2.10. The molecule has 0 spiro atoms. The molecule has 0 radical (unpaired) electrons. The summed E-state index contributed by atoms with van der Waals surface area (Å²) < 4.78 is 0. The second kappa shape index (κ2) is 7.68. The van der Waals surface area contributed by atoms with Gasteiger partial charge in [-0.05, 0) is 19.3 Å². The predicted molar refractivity (Wildman–Crippen MR) is 64.9 cm³/mol. The number of nitrogens with zero attached hydrogens (tertiary/aromatic N) is 1. The molecule has 1 fully saturated rings. The lowest BCUT2D eigenvalue weighted by Gasteiger charge is -2.19. The van der Waals surface area contributed by atoms with Crippen molar-refractivity contribution in [3.05, 3.63) is 0 Å². The largest absolute Gasteiger partial charge is 0.481 e. The van der Waals surface area contributed by atoms with E-state index in [2.05, 4.69) is 5.32 Å². The van der Waals surface area contributed by atoms with Gasteiger partial charge in [0.1, 0.15) is 0 Å². The first-order chi connectivity index (χ1) is 8.59. The van der Waals surface area contributed by atoms with Crippen molar-refractivity contribution in [2.24, 2.45) is 0 Å². The number of rotatable bonds is 6. The van der Waals surface area contributed by atoms with Crippen molar-refractivity contribution in [1.29, 1.82) is 0 Å². The summed E-state index contributed by atoms with van der Waals surface area (Å²) in [5, 5.41) is 11.1. The van der Waals surface area contributed by atoms with E-state index < -0.39 is 5.97 Å². The number of carboxylic acids is 1. The SMILES string of the molecule is O=C(O)CCCNC(=O)CN1CCCCCC1=O. The average molecular weight is 256 g/mol. The molecule has 1 heterocycles. The van der Waals surface area contributed by atoms with Gasteiger partial charge in [-0.15, -0.1) is 0 Å². The number of likely N-dealkylation sites (tertiary alicyclic amines) is 1. The molecule has 0 unspecified atom stereocenters. The molecule has 102 valence electrons. The number of carbonyl (C=O) groups excluding carboxylic acids is 2. The summed E-state index contributed by atoms with van der Waals surface area (Å²) in [7, 11) is 0. The van der Waals surface area contributed by atoms with Gasteiger partial charge in [0.15, 0.2) is 0 Å². The smallest absolute Gasteiger partial charge is 0.303 e. The molecule has 2 N–H and O–H groups in total. The molecule has 6 heteroatoms. The molecule has 0 saturated carbocycles. The van der Waals surface area contributed by atoms with Crippen molar-refractivity contribution in [2.75, 3.05) is 19.6 Å². The second-order valence-corrected chi connectivity index (χ2v) is 4.47. The van der Waals surface area contributed by atoms with Gasteiger partial charge in [-0.1, -0.05) is 6.42 Å². The molecular weight excluding hydrogens is 236 g/mol. The average Bonchev–Trinajstić information content (AvgIpc) is 2.50. The second-order valence-electron chi connectivity index (χ2n) is 4.47. The van der Waals surface area contributed by atoms with Crippen molar-refractivity contribution in [1.82, 2.24) is 10.2 Å². The summed E-state index contributed by atoms with van der Waals surface area (Å²) in [5.74, 6) is -1.05. The maximum Gasteiger partial charge on any atom is 0.303 e. The van der Waals surface area contributed by atoms with Crippen molar-refractivity contribution >= 4 is 17.8 Å². The van der Waals surface area contributed by atoms with E-state index in [1.165, 1.54) is 0 Å². The molecule has 18 heavy (non-hydrogen) atoms. The van der Waals surface area contributed by atoms with Crippen molar-refractivity contribution in [2.45, 2.75) is 38.5 Å². The van der Waals surface area contributed by atoms with Gasteiger partial charge >= 0.3 is 5.97 Å². The molecule has 1 aliphatic heterocycles. The fraction of sp³-hybridized carbons (Fsp3) is 0.750. The van der Waals surface area contributed by atoms with E-state index in [-0.39, 0.29) is 24.8 Å². The summed E-state index contributed by atoms with van der Waals surface area (Å²) in [6.45, 7) is 1.07. The highest BCUT2D eigenvalue weighted by molar-refractivity contribution is 5.84. The maximum atomic E-state index is 11.6. The molecule has 1 saturated heterocycles. The third kappa shape index (κ3) is 5.65. The van der Waals surface area contributed by atoms with Crippen molar-refractivity contribution < 1.29 is 19.5 Å². The molecule has 1 rings (SSSR count). The third-order valence-electron chi connectivity index (χ3n) is 2.90. The fourth-order valence-corrected chi connectivity index (χ4v) is 1.90. The van der Waals surface area contributed by atoms with Gasteiger partial charge in [0.05, 0.1) is 6.54 Å². The Morgan fingerprint density at radius 1 is 1.28 bits per heavy atom. The lowest BCUT2D eigenvalue weighted by Crippen LogP contribution is -2.40. The van der Waals surface area contributed by atoms with E-state index >= 15 is 0 Å². The molecule has 2 amide bonds. The van der Waals surface area contributed by atoms with Crippen LogP contribution in [0, 0.1) is 0 Å². The molecule has 0 aromatic rings. The van der Waals surface area contributed by atoms with Gasteiger partial charge in [0.2, 0.25) is 11.8 Å². The summed E-state index contributed by atoms with van der Waals surface area (Å²) in [6, 6.07) is 0. The van der Waals surface area contributed by atoms with Crippen LogP contribution in [0.3, 0.4) is 0 Å². The monoisotopic (exact) mass is 256 g/mol. The van der Waals surface area contributed by atoms with Crippen LogP contribution in [0.15, 0.2) is 0 Å². The number of aliphatic carboxylic acids is 1. The van der Waals surface area contributed by atoms with Gasteiger partial charge in [-0.3, -0.25) is 14.4 Å². The van der Waals surface area contributed by atoms with E-state index in [4.69, 9.17) is 5.11 Å². The van der Waals surface area contributed by atoms with Gasteiger partial charge in [0, 0.05) is 25.9 Å². The number of carboxylic acid groups (broad SMARTS) is 1. The maximum absolute atomic E-state index is 11.6. The standard InChI is InChI=1S/C12H20N2O4/c15-10(13-7-4-6-12(17)18)9-14-8-3-1-2-5-11(14)16/h1-9H2,(H,13,15)(H,17,18). The van der Waals surface area contributed by atoms with Crippen LogP contribution < -0.4 is 5.32 Å². The Hall–Kier alpha value is -1.59. The number of nitrogens with one attached hydrogen (secondary N) is 1. The van der Waals surface area contributed by atoms with Crippen LogP contribution in [-0.4, -0.2) is 47.4 Å². The lowest BCUT2D eigenvalue weighted by atomic mass is 10.2. The first-order valence-electron chi connectivity index (χ1n) is 6.36. The van der Waals surface area contributed by atoms with E-state index in [0.29, 0.717) is 25.9 Å². The van der Waals surface area contributed by atoms with Gasteiger partial charge in [0.25, 0.3) is 0 Å².